The van der Waals surface area contributed by atoms with E-state index in [1.165, 1.54) is 32.1 Å². The maximum Gasteiger partial charge on any atom is 0.238 e. The first-order valence-corrected chi connectivity index (χ1v) is 5.73. The smallest absolute Gasteiger partial charge is 0.238 e. The van der Waals surface area contributed by atoms with Crippen LogP contribution in [0.4, 0.5) is 0 Å². The first kappa shape index (κ1) is 9.83. The molecule has 1 aliphatic carbocycles. The monoisotopic (exact) mass is 212 g/mol. The van der Waals surface area contributed by atoms with Crippen molar-refractivity contribution in [3.05, 3.63) is 4.77 Å². The number of aromatic nitrogens is 4. The summed E-state index contributed by atoms with van der Waals surface area (Å²) in [4.78, 5) is 0. The molecule has 0 aromatic carbocycles. The zero-order valence-electron chi connectivity index (χ0n) is 8.44. The van der Waals surface area contributed by atoms with Crippen LogP contribution in [0.25, 0.3) is 0 Å². The van der Waals surface area contributed by atoms with Crippen molar-refractivity contribution in [2.75, 3.05) is 0 Å². The molecular formula is C9H16N4S. The van der Waals surface area contributed by atoms with Crippen LogP contribution in [0.3, 0.4) is 0 Å². The van der Waals surface area contributed by atoms with Gasteiger partial charge in [0.1, 0.15) is 0 Å². The zero-order chi connectivity index (χ0) is 9.97. The highest BCUT2D eigenvalue weighted by Gasteiger charge is 2.26. The van der Waals surface area contributed by atoms with Gasteiger partial charge in [0.15, 0.2) is 0 Å². The molecule has 2 atom stereocenters. The molecule has 4 nitrogen and oxygen atoms in total. The van der Waals surface area contributed by atoms with Crippen molar-refractivity contribution in [1.29, 1.82) is 0 Å². The summed E-state index contributed by atoms with van der Waals surface area (Å²) in [5, 5.41) is 10.5. The van der Waals surface area contributed by atoms with Gasteiger partial charge in [-0.25, -0.2) is 4.68 Å². The molecule has 2 rings (SSSR count). The van der Waals surface area contributed by atoms with Gasteiger partial charge in [0.2, 0.25) is 4.77 Å². The summed E-state index contributed by atoms with van der Waals surface area (Å²) in [6.45, 7) is 2.25. The maximum atomic E-state index is 5.13. The van der Waals surface area contributed by atoms with Crippen molar-refractivity contribution in [2.45, 2.75) is 45.1 Å². The lowest BCUT2D eigenvalue weighted by Gasteiger charge is -2.30. The van der Waals surface area contributed by atoms with Crippen molar-refractivity contribution < 1.29 is 0 Å². The Morgan fingerprint density at radius 2 is 2.29 bits per heavy atom. The fourth-order valence-corrected chi connectivity index (χ4v) is 2.64. The summed E-state index contributed by atoms with van der Waals surface area (Å²) in [7, 11) is 0. The topological polar surface area (TPSA) is 46.5 Å². The molecule has 1 N–H and O–H groups in total. The Morgan fingerprint density at radius 1 is 1.50 bits per heavy atom. The number of H-pyrrole nitrogens is 1. The van der Waals surface area contributed by atoms with Crippen molar-refractivity contribution in [2.24, 2.45) is 5.92 Å². The molecule has 0 spiro atoms. The maximum absolute atomic E-state index is 5.13. The van der Waals surface area contributed by atoms with E-state index in [0.717, 1.165) is 5.92 Å². The number of hydrogen-bond donors (Lipinski definition) is 1. The van der Waals surface area contributed by atoms with Gasteiger partial charge in [0.25, 0.3) is 0 Å². The Labute approximate surface area is 88.7 Å². The standard InChI is InChI=1S/C9H16N4S/c1-2-7-5-3-4-6-8(7)13-9(14)10-11-12-13/h7-8H,2-6H2,1H3,(H,10,12,14). The molecule has 1 fully saturated rings. The Hall–Kier alpha value is -0.710. The first-order valence-electron chi connectivity index (χ1n) is 5.32. The van der Waals surface area contributed by atoms with Crippen LogP contribution in [0.5, 0.6) is 0 Å². The molecule has 0 bridgehead atoms. The van der Waals surface area contributed by atoms with Crippen LogP contribution in [0.2, 0.25) is 0 Å². The van der Waals surface area contributed by atoms with Gasteiger partial charge in [0.05, 0.1) is 6.04 Å². The third kappa shape index (κ3) is 1.73. The number of aromatic amines is 1. The molecule has 0 aliphatic heterocycles. The van der Waals surface area contributed by atoms with Gasteiger partial charge in [-0.15, -0.1) is 0 Å². The normalized spacial score (nSPS) is 27.8. The minimum atomic E-state index is 0.497. The molecule has 14 heavy (non-hydrogen) atoms. The predicted octanol–water partition coefficient (Wildman–Crippen LogP) is 2.48. The van der Waals surface area contributed by atoms with E-state index >= 15 is 0 Å². The van der Waals surface area contributed by atoms with Crippen LogP contribution >= 0.6 is 12.2 Å². The molecule has 1 aliphatic rings. The molecule has 0 saturated heterocycles. The SMILES string of the molecule is CCC1CCCCC1n1[nH]nnc1=S. The number of tetrazole rings is 1. The van der Waals surface area contributed by atoms with E-state index < -0.39 is 0 Å². The van der Waals surface area contributed by atoms with E-state index in [9.17, 15) is 0 Å². The molecule has 1 heterocycles. The highest BCUT2D eigenvalue weighted by molar-refractivity contribution is 7.71. The van der Waals surface area contributed by atoms with Gasteiger partial charge < -0.3 is 0 Å². The molecule has 1 saturated carbocycles. The first-order chi connectivity index (χ1) is 6.83. The Morgan fingerprint density at radius 3 is 2.93 bits per heavy atom. The summed E-state index contributed by atoms with van der Waals surface area (Å²) in [5.74, 6) is 0.734. The van der Waals surface area contributed by atoms with Crippen LogP contribution in [0.15, 0.2) is 0 Å². The largest absolute Gasteiger partial charge is 0.239 e. The van der Waals surface area contributed by atoms with Crippen molar-refractivity contribution in [3.8, 4) is 0 Å². The average molecular weight is 212 g/mol. The second-order valence-corrected chi connectivity index (χ2v) is 4.34. The second kappa shape index (κ2) is 4.21. The minimum absolute atomic E-state index is 0.497. The molecule has 0 amide bonds. The summed E-state index contributed by atoms with van der Waals surface area (Å²) in [6.07, 6.45) is 6.37. The summed E-state index contributed by atoms with van der Waals surface area (Å²) >= 11 is 5.13. The van der Waals surface area contributed by atoms with Gasteiger partial charge in [-0.1, -0.05) is 36.5 Å². The quantitative estimate of drug-likeness (QED) is 0.766. The molecule has 78 valence electrons. The third-order valence-corrected chi connectivity index (χ3v) is 3.50. The fraction of sp³-hybridized carbons (Fsp3) is 0.889. The molecule has 1 aromatic rings. The number of rotatable bonds is 2. The fourth-order valence-electron chi connectivity index (χ4n) is 2.42. The van der Waals surface area contributed by atoms with E-state index in [1.54, 1.807) is 0 Å². The number of nitrogens with zero attached hydrogens (tertiary/aromatic N) is 3. The van der Waals surface area contributed by atoms with Gasteiger partial charge in [0, 0.05) is 0 Å². The zero-order valence-corrected chi connectivity index (χ0v) is 9.26. The molecule has 2 unspecified atom stereocenters. The lowest BCUT2D eigenvalue weighted by atomic mass is 9.83. The van der Waals surface area contributed by atoms with Crippen LogP contribution < -0.4 is 0 Å². The molecular weight excluding hydrogens is 196 g/mol. The number of hydrogen-bond acceptors (Lipinski definition) is 3. The Kier molecular flexibility index (Phi) is 2.96. The molecule has 1 aromatic heterocycles. The van der Waals surface area contributed by atoms with E-state index in [4.69, 9.17) is 12.2 Å². The van der Waals surface area contributed by atoms with Crippen molar-refractivity contribution >= 4 is 12.2 Å². The van der Waals surface area contributed by atoms with Crippen molar-refractivity contribution in [3.63, 3.8) is 0 Å². The predicted molar refractivity (Wildman–Crippen MR) is 56.5 cm³/mol. The van der Waals surface area contributed by atoms with Crippen LogP contribution in [0, 0.1) is 10.7 Å². The average Bonchev–Trinajstić information content (AvgIpc) is 2.64. The third-order valence-electron chi connectivity index (χ3n) is 3.22. The van der Waals surface area contributed by atoms with E-state index in [-0.39, 0.29) is 0 Å². The summed E-state index contributed by atoms with van der Waals surface area (Å²) < 4.78 is 2.55. The van der Waals surface area contributed by atoms with E-state index in [2.05, 4.69) is 22.4 Å². The van der Waals surface area contributed by atoms with Gasteiger partial charge in [-0.3, -0.25) is 0 Å². The van der Waals surface area contributed by atoms with Gasteiger partial charge >= 0.3 is 0 Å². The summed E-state index contributed by atoms with van der Waals surface area (Å²) in [6, 6.07) is 0.497. The highest BCUT2D eigenvalue weighted by Crippen LogP contribution is 2.35. The van der Waals surface area contributed by atoms with Gasteiger partial charge in [-0.2, -0.15) is 5.21 Å². The lowest BCUT2D eigenvalue weighted by molar-refractivity contribution is 0.213. The van der Waals surface area contributed by atoms with E-state index in [0.29, 0.717) is 10.8 Å². The van der Waals surface area contributed by atoms with Crippen LogP contribution in [-0.2, 0) is 0 Å². The molecule has 5 heteroatoms. The summed E-state index contributed by atoms with van der Waals surface area (Å²) in [5.41, 5.74) is 0. The minimum Gasteiger partial charge on any atom is -0.239 e. The van der Waals surface area contributed by atoms with Crippen LogP contribution in [0.1, 0.15) is 45.1 Å². The van der Waals surface area contributed by atoms with Crippen molar-refractivity contribution in [1.82, 2.24) is 20.2 Å². The molecule has 0 radical (unpaired) electrons. The second-order valence-electron chi connectivity index (χ2n) is 3.97. The Balaban J connectivity index is 2.23. The van der Waals surface area contributed by atoms with E-state index in [1.807, 2.05) is 4.68 Å². The highest BCUT2D eigenvalue weighted by atomic mass is 32.1. The Bertz CT molecular complexity index is 343. The number of nitrogens with one attached hydrogen (secondary N) is 1. The lowest BCUT2D eigenvalue weighted by Crippen LogP contribution is -2.23. The van der Waals surface area contributed by atoms with Crippen LogP contribution in [-0.4, -0.2) is 20.2 Å². The van der Waals surface area contributed by atoms with Gasteiger partial charge in [-0.05, 0) is 31.0 Å².